The van der Waals surface area contributed by atoms with Gasteiger partial charge >= 0.3 is 0 Å². The third kappa shape index (κ3) is 3.01. The molecule has 0 fully saturated rings. The summed E-state index contributed by atoms with van der Waals surface area (Å²) in [5, 5.41) is 3.41. The van der Waals surface area contributed by atoms with E-state index in [1.807, 2.05) is 18.2 Å². The maximum Gasteiger partial charge on any atom is 0.143 e. The van der Waals surface area contributed by atoms with E-state index >= 15 is 0 Å². The van der Waals surface area contributed by atoms with E-state index in [2.05, 4.69) is 47.2 Å². The molecule has 19 heavy (non-hydrogen) atoms. The lowest BCUT2D eigenvalue weighted by Crippen LogP contribution is -1.98. The van der Waals surface area contributed by atoms with E-state index in [0.29, 0.717) is 11.4 Å². The lowest BCUT2D eigenvalue weighted by atomic mass is 10.1. The van der Waals surface area contributed by atoms with Gasteiger partial charge in [0.25, 0.3) is 0 Å². The van der Waals surface area contributed by atoms with Crippen molar-refractivity contribution in [2.45, 2.75) is 13.8 Å². The summed E-state index contributed by atoms with van der Waals surface area (Å²) < 4.78 is 6.32. The van der Waals surface area contributed by atoms with Crippen LogP contribution in [0.5, 0.6) is 5.75 Å². The van der Waals surface area contributed by atoms with Gasteiger partial charge in [-0.2, -0.15) is 0 Å². The van der Waals surface area contributed by atoms with Crippen LogP contribution in [0.1, 0.15) is 11.1 Å². The Hall–Kier alpha value is -1.68. The first-order chi connectivity index (χ1) is 9.01. The highest BCUT2D eigenvalue weighted by molar-refractivity contribution is 9.10. The number of nitrogen functional groups attached to an aromatic ring is 1. The van der Waals surface area contributed by atoms with Gasteiger partial charge in [-0.25, -0.2) is 0 Å². The van der Waals surface area contributed by atoms with E-state index in [0.717, 1.165) is 15.8 Å². The van der Waals surface area contributed by atoms with Gasteiger partial charge in [-0.05, 0) is 49.2 Å². The first kappa shape index (κ1) is 13.7. The minimum Gasteiger partial charge on any atom is -0.495 e. The zero-order valence-electron chi connectivity index (χ0n) is 11.3. The molecular formula is C15H17BrN2O. The average molecular weight is 321 g/mol. The Morgan fingerprint density at radius 1 is 1.11 bits per heavy atom. The number of benzene rings is 2. The average Bonchev–Trinajstić information content (AvgIpc) is 2.35. The van der Waals surface area contributed by atoms with Crippen LogP contribution in [-0.2, 0) is 0 Å². The topological polar surface area (TPSA) is 47.3 Å². The number of hydrogen-bond donors (Lipinski definition) is 2. The Morgan fingerprint density at radius 3 is 2.32 bits per heavy atom. The maximum atomic E-state index is 5.81. The van der Waals surface area contributed by atoms with Crippen molar-refractivity contribution in [1.29, 1.82) is 0 Å². The fraction of sp³-hybridized carbons (Fsp3) is 0.200. The molecule has 100 valence electrons. The van der Waals surface area contributed by atoms with Gasteiger partial charge in [0.15, 0.2) is 0 Å². The van der Waals surface area contributed by atoms with Crippen molar-refractivity contribution in [3.05, 3.63) is 45.9 Å². The fourth-order valence-electron chi connectivity index (χ4n) is 2.04. The molecule has 0 amide bonds. The van der Waals surface area contributed by atoms with Crippen LogP contribution in [0.25, 0.3) is 0 Å². The molecular weight excluding hydrogens is 304 g/mol. The molecule has 0 heterocycles. The summed E-state index contributed by atoms with van der Waals surface area (Å²) in [6, 6.07) is 9.85. The van der Waals surface area contributed by atoms with Gasteiger partial charge in [-0.3, -0.25) is 0 Å². The summed E-state index contributed by atoms with van der Waals surface area (Å²) in [7, 11) is 1.62. The van der Waals surface area contributed by atoms with Crippen molar-refractivity contribution in [3.8, 4) is 5.75 Å². The number of halogens is 1. The number of ether oxygens (including phenoxy) is 1. The molecule has 3 nitrogen and oxygen atoms in total. The molecule has 2 rings (SSSR count). The van der Waals surface area contributed by atoms with Crippen LogP contribution in [-0.4, -0.2) is 7.11 Å². The molecule has 0 aliphatic heterocycles. The summed E-state index contributed by atoms with van der Waals surface area (Å²) in [5.41, 5.74) is 10.9. The Labute approximate surface area is 121 Å². The molecule has 0 aliphatic carbocycles. The van der Waals surface area contributed by atoms with Crippen LogP contribution in [0.4, 0.5) is 17.1 Å². The number of anilines is 3. The highest BCUT2D eigenvalue weighted by Gasteiger charge is 2.06. The summed E-state index contributed by atoms with van der Waals surface area (Å²) in [5.74, 6) is 0.678. The first-order valence-electron chi connectivity index (χ1n) is 5.98. The van der Waals surface area contributed by atoms with Gasteiger partial charge in [0.2, 0.25) is 0 Å². The summed E-state index contributed by atoms with van der Waals surface area (Å²) in [6.07, 6.45) is 0. The molecule has 0 saturated carbocycles. The molecule has 0 radical (unpaired) electrons. The minimum atomic E-state index is 0.636. The van der Waals surface area contributed by atoms with Crippen LogP contribution in [0.3, 0.4) is 0 Å². The molecule has 0 bridgehead atoms. The molecule has 0 unspecified atom stereocenters. The second-order valence-corrected chi connectivity index (χ2v) is 5.41. The van der Waals surface area contributed by atoms with Crippen molar-refractivity contribution in [2.75, 3.05) is 18.2 Å². The molecule has 2 aromatic rings. The summed E-state index contributed by atoms with van der Waals surface area (Å²) >= 11 is 3.50. The number of methoxy groups -OCH3 is 1. The third-order valence-corrected chi connectivity index (χ3v) is 3.46. The summed E-state index contributed by atoms with van der Waals surface area (Å²) in [6.45, 7) is 4.16. The Morgan fingerprint density at radius 2 is 1.74 bits per heavy atom. The van der Waals surface area contributed by atoms with Crippen molar-refractivity contribution in [1.82, 2.24) is 0 Å². The lowest BCUT2D eigenvalue weighted by Gasteiger charge is -2.15. The van der Waals surface area contributed by atoms with E-state index in [1.54, 1.807) is 7.11 Å². The molecule has 0 aliphatic rings. The molecule has 2 aromatic carbocycles. The standard InChI is InChI=1S/C15H17BrN2O/c1-9-6-11(16)7-10(2)15(9)18-12-4-5-13(17)14(8-12)19-3/h4-8,18H,17H2,1-3H3. The number of hydrogen-bond acceptors (Lipinski definition) is 3. The highest BCUT2D eigenvalue weighted by atomic mass is 79.9. The lowest BCUT2D eigenvalue weighted by molar-refractivity contribution is 0.417. The Balaban J connectivity index is 2.36. The second kappa shape index (κ2) is 5.53. The number of rotatable bonds is 3. The van der Waals surface area contributed by atoms with Gasteiger partial charge in [-0.1, -0.05) is 15.9 Å². The quantitative estimate of drug-likeness (QED) is 0.824. The van der Waals surface area contributed by atoms with E-state index in [4.69, 9.17) is 10.5 Å². The van der Waals surface area contributed by atoms with Gasteiger partial charge in [0.05, 0.1) is 12.8 Å². The Bertz CT molecular complexity index is 588. The molecule has 0 atom stereocenters. The van der Waals surface area contributed by atoms with E-state index in [1.165, 1.54) is 11.1 Å². The van der Waals surface area contributed by atoms with Gasteiger partial charge in [0.1, 0.15) is 5.75 Å². The maximum absolute atomic E-state index is 5.81. The van der Waals surface area contributed by atoms with Crippen LogP contribution < -0.4 is 15.8 Å². The van der Waals surface area contributed by atoms with E-state index < -0.39 is 0 Å². The van der Waals surface area contributed by atoms with E-state index in [9.17, 15) is 0 Å². The zero-order valence-corrected chi connectivity index (χ0v) is 12.8. The fourth-order valence-corrected chi connectivity index (χ4v) is 2.73. The first-order valence-corrected chi connectivity index (χ1v) is 6.78. The van der Waals surface area contributed by atoms with E-state index in [-0.39, 0.29) is 0 Å². The molecule has 0 aromatic heterocycles. The SMILES string of the molecule is COc1cc(Nc2c(C)cc(Br)cc2C)ccc1N. The molecule has 0 saturated heterocycles. The van der Waals surface area contributed by atoms with Crippen molar-refractivity contribution < 1.29 is 4.74 Å². The predicted octanol–water partition coefficient (Wildman–Crippen LogP) is 4.40. The van der Waals surface area contributed by atoms with Crippen LogP contribution in [0, 0.1) is 13.8 Å². The predicted molar refractivity (Wildman–Crippen MR) is 84.3 cm³/mol. The smallest absolute Gasteiger partial charge is 0.143 e. The highest BCUT2D eigenvalue weighted by Crippen LogP contribution is 2.31. The minimum absolute atomic E-state index is 0.636. The molecule has 4 heteroatoms. The molecule has 3 N–H and O–H groups in total. The van der Waals surface area contributed by atoms with Crippen molar-refractivity contribution in [3.63, 3.8) is 0 Å². The number of aryl methyl sites for hydroxylation is 2. The van der Waals surface area contributed by atoms with Crippen LogP contribution in [0.2, 0.25) is 0 Å². The molecule has 0 spiro atoms. The monoisotopic (exact) mass is 320 g/mol. The largest absolute Gasteiger partial charge is 0.495 e. The number of nitrogens with two attached hydrogens (primary N) is 1. The van der Waals surface area contributed by atoms with Crippen LogP contribution >= 0.6 is 15.9 Å². The van der Waals surface area contributed by atoms with Crippen molar-refractivity contribution in [2.24, 2.45) is 0 Å². The van der Waals surface area contributed by atoms with Gasteiger partial charge < -0.3 is 15.8 Å². The summed E-state index contributed by atoms with van der Waals surface area (Å²) in [4.78, 5) is 0. The Kier molecular flexibility index (Phi) is 4.00. The third-order valence-electron chi connectivity index (χ3n) is 3.00. The number of nitrogens with one attached hydrogen (secondary N) is 1. The van der Waals surface area contributed by atoms with Crippen molar-refractivity contribution >= 4 is 33.0 Å². The van der Waals surface area contributed by atoms with Gasteiger partial charge in [0, 0.05) is 21.9 Å². The second-order valence-electron chi connectivity index (χ2n) is 4.50. The van der Waals surface area contributed by atoms with Crippen LogP contribution in [0.15, 0.2) is 34.8 Å². The zero-order chi connectivity index (χ0) is 14.0. The normalized spacial score (nSPS) is 10.3. The van der Waals surface area contributed by atoms with Gasteiger partial charge in [-0.15, -0.1) is 0 Å².